The zero-order valence-electron chi connectivity index (χ0n) is 15.3. The third-order valence-corrected chi connectivity index (χ3v) is 3.82. The molecular weight excluding hydrogens is 321 g/mol. The standard InChI is InChI=1S/C19H26FN3O2/c1-19(2,3)16-13-17(21-18(24)7-5-6-12-25-4)23(22-16)15-10-8-14(20)9-11-15/h8-11,13H,5-7,12H2,1-4H3,(H,21,24). The van der Waals surface area contributed by atoms with Crippen LogP contribution >= 0.6 is 0 Å². The Morgan fingerprint density at radius 3 is 2.52 bits per heavy atom. The second-order valence-corrected chi connectivity index (χ2v) is 7.05. The molecule has 0 aliphatic heterocycles. The average molecular weight is 347 g/mol. The van der Waals surface area contributed by atoms with Crippen LogP contribution in [0, 0.1) is 5.82 Å². The lowest BCUT2D eigenvalue weighted by molar-refractivity contribution is -0.116. The summed E-state index contributed by atoms with van der Waals surface area (Å²) >= 11 is 0. The van der Waals surface area contributed by atoms with Crippen LogP contribution in [0.25, 0.3) is 5.69 Å². The molecule has 2 aromatic rings. The van der Waals surface area contributed by atoms with E-state index in [0.717, 1.165) is 18.5 Å². The SMILES string of the molecule is COCCCCC(=O)Nc1cc(C(C)(C)C)nn1-c1ccc(F)cc1. The van der Waals surface area contributed by atoms with Crippen LogP contribution in [0.4, 0.5) is 10.2 Å². The maximum atomic E-state index is 13.2. The molecular formula is C19H26FN3O2. The molecule has 0 fully saturated rings. The number of methoxy groups -OCH3 is 1. The van der Waals surface area contributed by atoms with Crippen molar-refractivity contribution in [2.24, 2.45) is 0 Å². The number of unbranched alkanes of at least 4 members (excludes halogenated alkanes) is 1. The Kier molecular flexibility index (Phi) is 6.31. The Balaban J connectivity index is 2.21. The number of hydrogen-bond acceptors (Lipinski definition) is 3. The molecule has 6 heteroatoms. The number of amides is 1. The number of carbonyl (C=O) groups is 1. The van der Waals surface area contributed by atoms with E-state index in [0.29, 0.717) is 24.5 Å². The highest BCUT2D eigenvalue weighted by atomic mass is 19.1. The third-order valence-electron chi connectivity index (χ3n) is 3.82. The van der Waals surface area contributed by atoms with Crippen molar-refractivity contribution in [3.05, 3.63) is 41.8 Å². The monoisotopic (exact) mass is 347 g/mol. The molecule has 0 saturated carbocycles. The van der Waals surface area contributed by atoms with E-state index in [9.17, 15) is 9.18 Å². The van der Waals surface area contributed by atoms with Gasteiger partial charge < -0.3 is 10.1 Å². The minimum atomic E-state index is -0.310. The normalized spacial score (nSPS) is 11.6. The van der Waals surface area contributed by atoms with Crippen molar-refractivity contribution >= 4 is 11.7 Å². The van der Waals surface area contributed by atoms with Crippen LogP contribution in [-0.2, 0) is 14.9 Å². The van der Waals surface area contributed by atoms with Gasteiger partial charge in [0, 0.05) is 31.6 Å². The minimum Gasteiger partial charge on any atom is -0.385 e. The smallest absolute Gasteiger partial charge is 0.225 e. The van der Waals surface area contributed by atoms with E-state index in [1.165, 1.54) is 12.1 Å². The van der Waals surface area contributed by atoms with Gasteiger partial charge in [-0.05, 0) is 37.1 Å². The van der Waals surface area contributed by atoms with Gasteiger partial charge in [0.25, 0.3) is 0 Å². The number of ether oxygens (including phenoxy) is 1. The van der Waals surface area contributed by atoms with Crippen LogP contribution in [0.2, 0.25) is 0 Å². The molecule has 0 bridgehead atoms. The molecule has 1 N–H and O–H groups in total. The van der Waals surface area contributed by atoms with Crippen LogP contribution < -0.4 is 5.32 Å². The maximum absolute atomic E-state index is 13.2. The Morgan fingerprint density at radius 1 is 1.24 bits per heavy atom. The van der Waals surface area contributed by atoms with Gasteiger partial charge in [0.2, 0.25) is 5.91 Å². The highest BCUT2D eigenvalue weighted by Gasteiger charge is 2.21. The van der Waals surface area contributed by atoms with Crippen molar-refractivity contribution in [3.63, 3.8) is 0 Å². The minimum absolute atomic E-state index is 0.0696. The first-order chi connectivity index (χ1) is 11.8. The highest BCUT2D eigenvalue weighted by Crippen LogP contribution is 2.26. The fourth-order valence-electron chi connectivity index (χ4n) is 2.35. The van der Waals surface area contributed by atoms with E-state index in [1.54, 1.807) is 23.9 Å². The van der Waals surface area contributed by atoms with Crippen molar-refractivity contribution in [3.8, 4) is 5.69 Å². The van der Waals surface area contributed by atoms with Crippen molar-refractivity contribution in [1.82, 2.24) is 9.78 Å². The predicted molar refractivity (Wildman–Crippen MR) is 96.6 cm³/mol. The molecule has 0 unspecified atom stereocenters. The quantitative estimate of drug-likeness (QED) is 0.768. The second kappa shape index (κ2) is 8.25. The lowest BCUT2D eigenvalue weighted by atomic mass is 9.92. The van der Waals surface area contributed by atoms with Crippen LogP contribution in [-0.4, -0.2) is 29.4 Å². The predicted octanol–water partition coefficient (Wildman–Crippen LogP) is 4.06. The van der Waals surface area contributed by atoms with E-state index >= 15 is 0 Å². The molecule has 0 aliphatic carbocycles. The second-order valence-electron chi connectivity index (χ2n) is 7.05. The van der Waals surface area contributed by atoms with Gasteiger partial charge in [-0.1, -0.05) is 20.8 Å². The van der Waals surface area contributed by atoms with Crippen LogP contribution in [0.1, 0.15) is 45.7 Å². The summed E-state index contributed by atoms with van der Waals surface area (Å²) in [5, 5.41) is 7.52. The molecule has 1 heterocycles. The molecule has 0 aliphatic rings. The van der Waals surface area contributed by atoms with E-state index in [4.69, 9.17) is 4.74 Å². The summed E-state index contributed by atoms with van der Waals surface area (Å²) in [7, 11) is 1.65. The number of nitrogens with zero attached hydrogens (tertiary/aromatic N) is 2. The lowest BCUT2D eigenvalue weighted by Gasteiger charge is -2.14. The Morgan fingerprint density at radius 2 is 1.92 bits per heavy atom. The highest BCUT2D eigenvalue weighted by molar-refractivity contribution is 5.90. The molecule has 0 saturated heterocycles. The molecule has 136 valence electrons. The van der Waals surface area contributed by atoms with Gasteiger partial charge in [-0.25, -0.2) is 9.07 Å². The number of nitrogens with one attached hydrogen (secondary N) is 1. The van der Waals surface area contributed by atoms with E-state index in [-0.39, 0.29) is 17.1 Å². The first-order valence-corrected chi connectivity index (χ1v) is 8.46. The lowest BCUT2D eigenvalue weighted by Crippen LogP contribution is -2.15. The fourth-order valence-corrected chi connectivity index (χ4v) is 2.35. The van der Waals surface area contributed by atoms with Gasteiger partial charge >= 0.3 is 0 Å². The zero-order valence-corrected chi connectivity index (χ0v) is 15.3. The van der Waals surface area contributed by atoms with Gasteiger partial charge in [0.15, 0.2) is 0 Å². The molecule has 0 radical (unpaired) electrons. The molecule has 1 aromatic heterocycles. The molecule has 2 rings (SSSR count). The Bertz CT molecular complexity index is 702. The number of benzene rings is 1. The number of halogens is 1. The topological polar surface area (TPSA) is 56.1 Å². The van der Waals surface area contributed by atoms with Gasteiger partial charge in [-0.2, -0.15) is 5.10 Å². The molecule has 1 aromatic carbocycles. The zero-order chi connectivity index (χ0) is 18.4. The third kappa shape index (κ3) is 5.39. The van der Waals surface area contributed by atoms with Crippen LogP contribution in [0.5, 0.6) is 0 Å². The summed E-state index contributed by atoms with van der Waals surface area (Å²) in [5.41, 5.74) is 1.39. The van der Waals surface area contributed by atoms with Gasteiger partial charge in [-0.15, -0.1) is 0 Å². The number of rotatable bonds is 7. The van der Waals surface area contributed by atoms with Gasteiger partial charge in [-0.3, -0.25) is 4.79 Å². The van der Waals surface area contributed by atoms with Crippen molar-refractivity contribution in [2.45, 2.75) is 45.4 Å². The molecule has 0 spiro atoms. The number of carbonyl (C=O) groups excluding carboxylic acids is 1. The molecule has 1 amide bonds. The largest absolute Gasteiger partial charge is 0.385 e. The Labute approximate surface area is 148 Å². The first kappa shape index (κ1) is 19.1. The first-order valence-electron chi connectivity index (χ1n) is 8.46. The summed E-state index contributed by atoms with van der Waals surface area (Å²) < 4.78 is 19.8. The summed E-state index contributed by atoms with van der Waals surface area (Å²) in [6.45, 7) is 6.82. The summed E-state index contributed by atoms with van der Waals surface area (Å²) in [6.07, 6.45) is 2.02. The van der Waals surface area contributed by atoms with Crippen molar-refractivity contribution < 1.29 is 13.9 Å². The summed E-state index contributed by atoms with van der Waals surface area (Å²) in [4.78, 5) is 12.2. The number of anilines is 1. The van der Waals surface area contributed by atoms with E-state index in [2.05, 4.69) is 31.2 Å². The van der Waals surface area contributed by atoms with Crippen LogP contribution in [0.3, 0.4) is 0 Å². The number of hydrogen-bond donors (Lipinski definition) is 1. The number of aromatic nitrogens is 2. The van der Waals surface area contributed by atoms with Crippen LogP contribution in [0.15, 0.2) is 30.3 Å². The molecule has 5 nitrogen and oxygen atoms in total. The Hall–Kier alpha value is -2.21. The summed E-state index contributed by atoms with van der Waals surface area (Å²) in [5.74, 6) is 0.212. The average Bonchev–Trinajstić information content (AvgIpc) is 2.96. The van der Waals surface area contributed by atoms with E-state index in [1.807, 2.05) is 6.07 Å². The molecule has 25 heavy (non-hydrogen) atoms. The molecule has 0 atom stereocenters. The van der Waals surface area contributed by atoms with Gasteiger partial charge in [0.05, 0.1) is 11.4 Å². The fraction of sp³-hybridized carbons (Fsp3) is 0.474. The maximum Gasteiger partial charge on any atom is 0.225 e. The van der Waals surface area contributed by atoms with Crippen molar-refractivity contribution in [1.29, 1.82) is 0 Å². The van der Waals surface area contributed by atoms with E-state index < -0.39 is 0 Å². The summed E-state index contributed by atoms with van der Waals surface area (Å²) in [6, 6.07) is 7.91. The van der Waals surface area contributed by atoms with Gasteiger partial charge in [0.1, 0.15) is 11.6 Å². The van der Waals surface area contributed by atoms with Crippen molar-refractivity contribution in [2.75, 3.05) is 19.0 Å².